The lowest BCUT2D eigenvalue weighted by molar-refractivity contribution is 0.0205. The molecule has 0 spiro atoms. The molecule has 0 bridgehead atoms. The molecule has 0 atom stereocenters. The van der Waals surface area contributed by atoms with Gasteiger partial charge in [-0.2, -0.15) is 0 Å². The van der Waals surface area contributed by atoms with Gasteiger partial charge in [-0.25, -0.2) is 4.79 Å². The van der Waals surface area contributed by atoms with Crippen molar-refractivity contribution in [2.75, 3.05) is 13.1 Å². The van der Waals surface area contributed by atoms with Crippen LogP contribution >= 0.6 is 11.3 Å². The average molecular weight is 283 g/mol. The van der Waals surface area contributed by atoms with Crippen LogP contribution in [0, 0.1) is 0 Å². The van der Waals surface area contributed by atoms with Crippen molar-refractivity contribution < 1.29 is 14.6 Å². The minimum absolute atomic E-state index is 0.222. The van der Waals surface area contributed by atoms with Crippen LogP contribution < -0.4 is 0 Å². The quantitative estimate of drug-likeness (QED) is 0.857. The Labute approximate surface area is 118 Å². The number of likely N-dealkylation sites (tertiary alicyclic amines) is 1. The van der Waals surface area contributed by atoms with E-state index in [4.69, 9.17) is 4.74 Å². The zero-order valence-electron chi connectivity index (χ0n) is 11.7. The van der Waals surface area contributed by atoms with Crippen molar-refractivity contribution in [2.24, 2.45) is 0 Å². The zero-order valence-corrected chi connectivity index (χ0v) is 12.5. The number of ether oxygens (including phenoxy) is 1. The summed E-state index contributed by atoms with van der Waals surface area (Å²) in [4.78, 5) is 14.9. The minimum atomic E-state index is -0.437. The Kier molecular flexibility index (Phi) is 4.04. The number of hydrogen-bond donors (Lipinski definition) is 1. The van der Waals surface area contributed by atoms with E-state index in [2.05, 4.69) is 0 Å². The van der Waals surface area contributed by atoms with Gasteiger partial charge in [0.15, 0.2) is 0 Å². The highest BCUT2D eigenvalue weighted by atomic mass is 32.1. The van der Waals surface area contributed by atoms with E-state index in [9.17, 15) is 9.90 Å². The Bertz CT molecular complexity index is 442. The van der Waals surface area contributed by atoms with Gasteiger partial charge in [0, 0.05) is 23.3 Å². The predicted octanol–water partition coefficient (Wildman–Crippen LogP) is 3.57. The van der Waals surface area contributed by atoms with Crippen molar-refractivity contribution in [3.8, 4) is 5.75 Å². The van der Waals surface area contributed by atoms with Crippen LogP contribution in [0.5, 0.6) is 5.75 Å². The van der Waals surface area contributed by atoms with Crippen LogP contribution in [-0.4, -0.2) is 34.8 Å². The summed E-state index contributed by atoms with van der Waals surface area (Å²) in [7, 11) is 0. The molecule has 0 aromatic carbocycles. The fourth-order valence-electron chi connectivity index (χ4n) is 2.23. The molecule has 1 saturated heterocycles. The number of carbonyl (C=O) groups is 1. The fourth-order valence-corrected chi connectivity index (χ4v) is 3.17. The molecule has 0 radical (unpaired) electrons. The number of nitrogens with zero attached hydrogens (tertiary/aromatic N) is 1. The first kappa shape index (κ1) is 14.2. The van der Waals surface area contributed by atoms with Crippen molar-refractivity contribution in [3.05, 3.63) is 16.3 Å². The maximum absolute atomic E-state index is 11.9. The molecule has 1 N–H and O–H groups in total. The lowest BCUT2D eigenvalue weighted by atomic mass is 9.95. The van der Waals surface area contributed by atoms with Crippen LogP contribution in [0.25, 0.3) is 0 Å². The van der Waals surface area contributed by atoms with Gasteiger partial charge in [-0.1, -0.05) is 0 Å². The maximum Gasteiger partial charge on any atom is 0.410 e. The van der Waals surface area contributed by atoms with Gasteiger partial charge >= 0.3 is 6.09 Å². The van der Waals surface area contributed by atoms with Gasteiger partial charge in [-0.15, -0.1) is 11.3 Å². The molecular formula is C14H21NO3S. The summed E-state index contributed by atoms with van der Waals surface area (Å²) in [5.74, 6) is 0.791. The van der Waals surface area contributed by atoms with Gasteiger partial charge in [0.05, 0.1) is 0 Å². The number of thiophene rings is 1. The normalized spacial score (nSPS) is 17.5. The molecule has 0 unspecified atom stereocenters. The predicted molar refractivity (Wildman–Crippen MR) is 75.8 cm³/mol. The Morgan fingerprint density at radius 3 is 2.53 bits per heavy atom. The van der Waals surface area contributed by atoms with Gasteiger partial charge in [-0.05, 0) is 45.6 Å². The first-order chi connectivity index (χ1) is 8.85. The van der Waals surface area contributed by atoms with Crippen molar-refractivity contribution in [1.82, 2.24) is 4.90 Å². The van der Waals surface area contributed by atoms with Crippen LogP contribution in [0.4, 0.5) is 4.79 Å². The molecule has 19 heavy (non-hydrogen) atoms. The molecule has 0 saturated carbocycles. The smallest absolute Gasteiger partial charge is 0.410 e. The molecule has 1 aliphatic heterocycles. The van der Waals surface area contributed by atoms with E-state index >= 15 is 0 Å². The van der Waals surface area contributed by atoms with E-state index in [-0.39, 0.29) is 6.09 Å². The molecule has 4 nitrogen and oxygen atoms in total. The summed E-state index contributed by atoms with van der Waals surface area (Å²) < 4.78 is 5.37. The van der Waals surface area contributed by atoms with Gasteiger partial charge in [0.2, 0.25) is 0 Å². The lowest BCUT2D eigenvalue weighted by Crippen LogP contribution is -2.41. The maximum atomic E-state index is 11.9. The van der Waals surface area contributed by atoms with Crippen molar-refractivity contribution in [2.45, 2.75) is 45.1 Å². The highest BCUT2D eigenvalue weighted by Crippen LogP contribution is 2.34. The highest BCUT2D eigenvalue weighted by Gasteiger charge is 2.27. The number of amides is 1. The second-order valence-electron chi connectivity index (χ2n) is 5.95. The summed E-state index contributed by atoms with van der Waals surface area (Å²) in [5, 5.41) is 11.1. The number of hydrogen-bond acceptors (Lipinski definition) is 4. The summed E-state index contributed by atoms with van der Waals surface area (Å²) in [6.45, 7) is 7.08. The minimum Gasteiger partial charge on any atom is -0.507 e. The number of rotatable bonds is 1. The van der Waals surface area contributed by atoms with Crippen molar-refractivity contribution in [3.63, 3.8) is 0 Å². The molecule has 106 valence electrons. The fraction of sp³-hybridized carbons (Fsp3) is 0.643. The SMILES string of the molecule is CC(C)(C)OC(=O)N1CCC(c2cc(O)cs2)CC1. The molecule has 1 aromatic heterocycles. The number of aromatic hydroxyl groups is 1. The van der Waals surface area contributed by atoms with E-state index in [0.717, 1.165) is 25.9 Å². The van der Waals surface area contributed by atoms with E-state index in [1.807, 2.05) is 26.8 Å². The average Bonchev–Trinajstić information content (AvgIpc) is 2.74. The van der Waals surface area contributed by atoms with E-state index < -0.39 is 5.60 Å². The first-order valence-corrected chi connectivity index (χ1v) is 7.48. The Morgan fingerprint density at radius 1 is 1.42 bits per heavy atom. The Balaban J connectivity index is 1.87. The lowest BCUT2D eigenvalue weighted by Gasteiger charge is -2.33. The molecule has 5 heteroatoms. The van der Waals surface area contributed by atoms with E-state index in [0.29, 0.717) is 11.7 Å². The summed E-state index contributed by atoms with van der Waals surface area (Å²) in [5.41, 5.74) is -0.437. The third-order valence-electron chi connectivity index (χ3n) is 3.15. The number of carbonyl (C=O) groups excluding carboxylic acids is 1. The molecule has 1 amide bonds. The zero-order chi connectivity index (χ0) is 14.0. The molecular weight excluding hydrogens is 262 g/mol. The Hall–Kier alpha value is -1.23. The van der Waals surface area contributed by atoms with Crippen LogP contribution in [0.1, 0.15) is 44.4 Å². The molecule has 2 rings (SSSR count). The Morgan fingerprint density at radius 2 is 2.05 bits per heavy atom. The summed E-state index contributed by atoms with van der Waals surface area (Å²) in [6.07, 6.45) is 1.64. The van der Waals surface area contributed by atoms with Crippen molar-refractivity contribution in [1.29, 1.82) is 0 Å². The summed E-state index contributed by atoms with van der Waals surface area (Å²) >= 11 is 1.59. The van der Waals surface area contributed by atoms with E-state index in [1.54, 1.807) is 21.6 Å². The van der Waals surface area contributed by atoms with Gasteiger partial charge in [0.25, 0.3) is 0 Å². The molecule has 1 fully saturated rings. The van der Waals surface area contributed by atoms with Crippen LogP contribution in [0.15, 0.2) is 11.4 Å². The standard InChI is InChI=1S/C14H21NO3S/c1-14(2,3)18-13(17)15-6-4-10(5-7-15)12-8-11(16)9-19-12/h8-10,16H,4-7H2,1-3H3. The van der Waals surface area contributed by atoms with Gasteiger partial charge < -0.3 is 14.7 Å². The summed E-state index contributed by atoms with van der Waals surface area (Å²) in [6, 6.07) is 1.83. The topological polar surface area (TPSA) is 49.8 Å². The first-order valence-electron chi connectivity index (χ1n) is 6.60. The monoisotopic (exact) mass is 283 g/mol. The van der Waals surface area contributed by atoms with Crippen LogP contribution in [0.2, 0.25) is 0 Å². The van der Waals surface area contributed by atoms with Gasteiger partial charge in [0.1, 0.15) is 11.4 Å². The van der Waals surface area contributed by atoms with Crippen LogP contribution in [-0.2, 0) is 4.74 Å². The highest BCUT2D eigenvalue weighted by molar-refractivity contribution is 7.10. The molecule has 2 heterocycles. The third kappa shape index (κ3) is 3.86. The second kappa shape index (κ2) is 5.41. The largest absolute Gasteiger partial charge is 0.507 e. The molecule has 1 aliphatic rings. The van der Waals surface area contributed by atoms with Gasteiger partial charge in [-0.3, -0.25) is 0 Å². The van der Waals surface area contributed by atoms with E-state index in [1.165, 1.54) is 4.88 Å². The second-order valence-corrected chi connectivity index (χ2v) is 6.89. The molecule has 1 aromatic rings. The van der Waals surface area contributed by atoms with Crippen LogP contribution in [0.3, 0.4) is 0 Å². The third-order valence-corrected chi connectivity index (χ3v) is 4.24. The molecule has 0 aliphatic carbocycles. The number of piperidine rings is 1. The van der Waals surface area contributed by atoms with Crippen molar-refractivity contribution >= 4 is 17.4 Å².